The van der Waals surface area contributed by atoms with Crippen LogP contribution in [0.5, 0.6) is 0 Å². The van der Waals surface area contributed by atoms with E-state index in [-0.39, 0.29) is 31.2 Å². The van der Waals surface area contributed by atoms with Crippen LogP contribution in [0.1, 0.15) is 90.5 Å². The Labute approximate surface area is 319 Å². The van der Waals surface area contributed by atoms with Crippen molar-refractivity contribution < 1.29 is 64.3 Å². The van der Waals surface area contributed by atoms with E-state index in [0.717, 1.165) is 12.8 Å². The van der Waals surface area contributed by atoms with Gasteiger partial charge in [0.2, 0.25) is 0 Å². The summed E-state index contributed by atoms with van der Waals surface area (Å²) in [6.07, 6.45) is 11.0. The number of carbonyl (C=O) groups excluding carboxylic acids is 1. The Morgan fingerprint density at radius 1 is 0.759 bits per heavy atom. The Morgan fingerprint density at radius 2 is 1.22 bits per heavy atom. The molecule has 0 bridgehead atoms. The topological polar surface area (TPSA) is 289 Å². The highest BCUT2D eigenvalue weighted by atomic mass is 16.8. The van der Waals surface area contributed by atoms with Gasteiger partial charge in [0.25, 0.3) is 0 Å². The van der Waals surface area contributed by atoms with Crippen LogP contribution < -0.4 is 22.1 Å². The zero-order valence-corrected chi connectivity index (χ0v) is 32.3. The minimum absolute atomic E-state index is 0.0606. The predicted molar refractivity (Wildman–Crippen MR) is 201 cm³/mol. The molecule has 0 unspecified atom stereocenters. The lowest BCUT2D eigenvalue weighted by Crippen LogP contribution is -2.50. The van der Waals surface area contributed by atoms with Crippen molar-refractivity contribution in [1.29, 1.82) is 0 Å². The fraction of sp³-hybridized carbons (Fsp3) is 0.784. The number of benzene rings is 1. The number of nitrogens with one attached hydrogen (secondary N) is 2. The molecule has 17 heteroatoms. The number of amides is 2. The number of rotatable bonds is 23. The first-order valence-electron chi connectivity index (χ1n) is 18.9. The molecule has 4 atom stereocenters. The normalized spacial score (nSPS) is 20.3. The van der Waals surface area contributed by atoms with Crippen LogP contribution in [0.3, 0.4) is 0 Å². The molecule has 0 spiro atoms. The SMILES string of the molecule is CCCCCCCCCCCCO[C@H]1O[C@@H](CNC(=O)Nc2ccc(CC(=O)O)cc2)[C@@H]2OC(C)(C)O[C@H]12.NC(CO)(CO)CO.NC(CO)(CO)CO. The van der Waals surface area contributed by atoms with Crippen molar-refractivity contribution >= 4 is 17.7 Å². The summed E-state index contributed by atoms with van der Waals surface area (Å²) >= 11 is 0. The van der Waals surface area contributed by atoms with Gasteiger partial charge in [-0.15, -0.1) is 0 Å². The molecule has 13 N–H and O–H groups in total. The van der Waals surface area contributed by atoms with E-state index < -0.39 is 74.9 Å². The van der Waals surface area contributed by atoms with Gasteiger partial charge in [-0.2, -0.15) is 0 Å². The first kappa shape index (κ1) is 49.5. The van der Waals surface area contributed by atoms with Crippen molar-refractivity contribution in [3.63, 3.8) is 0 Å². The second kappa shape index (κ2) is 26.4. The van der Waals surface area contributed by atoms with Crippen LogP contribution in [0.2, 0.25) is 0 Å². The van der Waals surface area contributed by atoms with Gasteiger partial charge in [-0.1, -0.05) is 76.8 Å². The van der Waals surface area contributed by atoms with Gasteiger partial charge in [0, 0.05) is 18.8 Å². The van der Waals surface area contributed by atoms with Gasteiger partial charge in [0.05, 0.1) is 57.1 Å². The van der Waals surface area contributed by atoms with Crippen molar-refractivity contribution in [1.82, 2.24) is 5.32 Å². The summed E-state index contributed by atoms with van der Waals surface area (Å²) in [5, 5.41) is 64.5. The van der Waals surface area contributed by atoms with Crippen LogP contribution in [-0.4, -0.2) is 142 Å². The predicted octanol–water partition coefficient (Wildman–Crippen LogP) is 0.939. The Hall–Kier alpha value is -2.52. The van der Waals surface area contributed by atoms with E-state index >= 15 is 0 Å². The minimum Gasteiger partial charge on any atom is -0.481 e. The van der Waals surface area contributed by atoms with Crippen LogP contribution in [0.25, 0.3) is 0 Å². The second-order valence-electron chi connectivity index (χ2n) is 14.4. The van der Waals surface area contributed by atoms with Gasteiger partial charge in [-0.25, -0.2) is 4.79 Å². The number of aliphatic hydroxyl groups is 6. The van der Waals surface area contributed by atoms with Crippen LogP contribution in [0.4, 0.5) is 10.5 Å². The average Bonchev–Trinajstić information content (AvgIpc) is 3.65. The maximum absolute atomic E-state index is 12.4. The van der Waals surface area contributed by atoms with E-state index in [9.17, 15) is 9.59 Å². The third-order valence-electron chi connectivity index (χ3n) is 8.81. The number of aliphatic carboxylic acids is 1. The third kappa shape index (κ3) is 19.4. The number of carboxylic acids is 1. The number of anilines is 1. The Kier molecular flexibility index (Phi) is 24.2. The average molecular weight is 777 g/mol. The standard InChI is InChI=1S/C29H46N2O7.2C4H11NO3/c1-4-5-6-7-8-9-10-11-12-13-18-35-27-26-25(37-29(2,3)38-26)23(36-27)20-30-28(34)31-22-16-14-21(15-17-22)19-24(32)33;2*5-4(1-6,2-7)3-8/h14-17,23,25-27H,4-13,18-20H2,1-3H3,(H,32,33)(H2,30,31,34);2*6-8H,1-3,5H2/t23-,25-,26-,27-;;/m0../s1. The molecule has 314 valence electrons. The van der Waals surface area contributed by atoms with Crippen LogP contribution in [0.15, 0.2) is 24.3 Å². The fourth-order valence-corrected chi connectivity index (χ4v) is 5.28. The Morgan fingerprint density at radius 3 is 1.67 bits per heavy atom. The third-order valence-corrected chi connectivity index (χ3v) is 8.81. The molecule has 54 heavy (non-hydrogen) atoms. The molecule has 1 aromatic rings. The number of hydrogen-bond donors (Lipinski definition) is 11. The van der Waals surface area contributed by atoms with Gasteiger partial charge < -0.3 is 76.8 Å². The van der Waals surface area contributed by atoms with Crippen LogP contribution in [0, 0.1) is 0 Å². The number of fused-ring (bicyclic) bond motifs is 1. The quantitative estimate of drug-likeness (QED) is 0.0690. The highest BCUT2D eigenvalue weighted by Gasteiger charge is 2.55. The van der Waals surface area contributed by atoms with Gasteiger partial charge >= 0.3 is 12.0 Å². The summed E-state index contributed by atoms with van der Waals surface area (Å²) in [5.41, 5.74) is 9.11. The Bertz CT molecular complexity index is 1120. The van der Waals surface area contributed by atoms with E-state index in [2.05, 4.69) is 17.6 Å². The number of aliphatic hydroxyl groups excluding tert-OH is 6. The van der Waals surface area contributed by atoms with Gasteiger partial charge in [0.15, 0.2) is 12.1 Å². The lowest BCUT2D eigenvalue weighted by molar-refractivity contribution is -0.232. The van der Waals surface area contributed by atoms with Gasteiger partial charge in [0.1, 0.15) is 18.3 Å². The smallest absolute Gasteiger partial charge is 0.319 e. The summed E-state index contributed by atoms with van der Waals surface area (Å²) in [6, 6.07) is 6.32. The van der Waals surface area contributed by atoms with Crippen molar-refractivity contribution in [3.8, 4) is 0 Å². The molecule has 3 rings (SSSR count). The lowest BCUT2D eigenvalue weighted by atomic mass is 10.1. The largest absolute Gasteiger partial charge is 0.481 e. The monoisotopic (exact) mass is 776 g/mol. The van der Waals surface area contributed by atoms with Crippen molar-refractivity contribution in [2.45, 2.75) is 133 Å². The molecule has 2 amide bonds. The summed E-state index contributed by atoms with van der Waals surface area (Å²) in [7, 11) is 0. The number of carbonyl (C=O) groups is 2. The molecule has 0 aliphatic carbocycles. The van der Waals surface area contributed by atoms with Crippen LogP contribution >= 0.6 is 0 Å². The van der Waals surface area contributed by atoms with E-state index in [1.54, 1.807) is 24.3 Å². The van der Waals surface area contributed by atoms with Gasteiger partial charge in [-0.3, -0.25) is 4.79 Å². The second-order valence-corrected chi connectivity index (χ2v) is 14.4. The summed E-state index contributed by atoms with van der Waals surface area (Å²) in [6.45, 7) is 4.41. The molecule has 2 fully saturated rings. The molecular formula is C37H68N4O13. The first-order chi connectivity index (χ1) is 25.6. The zero-order chi connectivity index (χ0) is 40.6. The summed E-state index contributed by atoms with van der Waals surface area (Å²) in [5.74, 6) is -1.64. The number of urea groups is 1. The van der Waals surface area contributed by atoms with E-state index in [4.69, 9.17) is 66.2 Å². The highest BCUT2D eigenvalue weighted by Crippen LogP contribution is 2.39. The number of hydrogen-bond acceptors (Lipinski definition) is 14. The van der Waals surface area contributed by atoms with Crippen molar-refractivity contribution in [3.05, 3.63) is 29.8 Å². The van der Waals surface area contributed by atoms with Crippen LogP contribution in [-0.2, 0) is 30.2 Å². The van der Waals surface area contributed by atoms with E-state index in [1.165, 1.54) is 51.4 Å². The highest BCUT2D eigenvalue weighted by molar-refractivity contribution is 5.89. The van der Waals surface area contributed by atoms with E-state index in [1.807, 2.05) is 13.8 Å². The van der Waals surface area contributed by atoms with Crippen molar-refractivity contribution in [2.75, 3.05) is 58.1 Å². The molecule has 2 aliphatic heterocycles. The number of carboxylic acid groups (broad SMARTS) is 1. The fourth-order valence-electron chi connectivity index (χ4n) is 5.28. The molecule has 0 aromatic heterocycles. The number of ether oxygens (including phenoxy) is 4. The maximum Gasteiger partial charge on any atom is 0.319 e. The Balaban J connectivity index is 0.000000757. The number of unbranched alkanes of at least 4 members (excludes halogenated alkanes) is 9. The summed E-state index contributed by atoms with van der Waals surface area (Å²) in [4.78, 5) is 23.3. The molecule has 2 heterocycles. The molecule has 17 nitrogen and oxygen atoms in total. The zero-order valence-electron chi connectivity index (χ0n) is 32.3. The number of nitrogens with two attached hydrogens (primary N) is 2. The van der Waals surface area contributed by atoms with Crippen molar-refractivity contribution in [2.24, 2.45) is 11.5 Å². The molecular weight excluding hydrogens is 708 g/mol. The summed E-state index contributed by atoms with van der Waals surface area (Å²) < 4.78 is 24.3. The minimum atomic E-state index is -1.21. The van der Waals surface area contributed by atoms with E-state index in [0.29, 0.717) is 17.9 Å². The molecule has 2 aliphatic rings. The first-order valence-corrected chi connectivity index (χ1v) is 18.9. The molecule has 0 saturated carbocycles. The van der Waals surface area contributed by atoms with Gasteiger partial charge in [-0.05, 0) is 38.0 Å². The molecule has 2 saturated heterocycles. The maximum atomic E-state index is 12.4. The molecule has 1 aromatic carbocycles. The molecule has 0 radical (unpaired) electrons. The lowest BCUT2D eigenvalue weighted by Gasteiger charge is -2.24.